The second kappa shape index (κ2) is 8.57. The Balaban J connectivity index is 2.38. The quantitative estimate of drug-likeness (QED) is 0.315. The maximum Gasteiger partial charge on any atom is 0.268 e. The van der Waals surface area contributed by atoms with Crippen molar-refractivity contribution < 1.29 is 7.31 Å². The number of hydrogen-bond acceptors (Lipinski definition) is 0. The van der Waals surface area contributed by atoms with Crippen LogP contribution < -0.4 is 4.57 Å². The van der Waals surface area contributed by atoms with Gasteiger partial charge >= 0.3 is 0 Å². The predicted octanol–water partition coefficient (Wildman–Crippen LogP) is 7.05. The van der Waals surface area contributed by atoms with E-state index in [4.69, 9.17) is 2.74 Å². The van der Waals surface area contributed by atoms with E-state index in [0.717, 1.165) is 11.4 Å². The van der Waals surface area contributed by atoms with E-state index in [9.17, 15) is 0 Å². The summed E-state index contributed by atoms with van der Waals surface area (Å²) >= 11 is 0. The maximum atomic E-state index is 8.86. The van der Waals surface area contributed by atoms with Crippen molar-refractivity contribution in [2.45, 2.75) is 79.1 Å². The molecule has 29 heavy (non-hydrogen) atoms. The lowest BCUT2D eigenvalue weighted by Gasteiger charge is -2.21. The molecule has 3 rings (SSSR count). The molecule has 2 aromatic carbocycles. The van der Waals surface area contributed by atoms with Crippen LogP contribution in [0.3, 0.4) is 0 Å². The fraction of sp³-hybridized carbons (Fsp3) is 0.444. The van der Waals surface area contributed by atoms with Gasteiger partial charge in [0.2, 0.25) is 0 Å². The van der Waals surface area contributed by atoms with Gasteiger partial charge < -0.3 is 0 Å². The Hall–Kier alpha value is -2.35. The SMILES string of the molecule is [2H]c1c([2H])[n+](-c2c(C(C)C)cccc2C(C)C)[c-]n1-c1c(C(C)C)cccc1C(C)C. The van der Waals surface area contributed by atoms with Gasteiger partial charge in [0, 0.05) is 12.3 Å². The first-order valence-corrected chi connectivity index (χ1v) is 10.9. The van der Waals surface area contributed by atoms with Crippen molar-refractivity contribution in [2.24, 2.45) is 0 Å². The van der Waals surface area contributed by atoms with E-state index in [-0.39, 0.29) is 12.3 Å². The standard InChI is InChI=1S/C27H36N2/c1-18(2)22-11-9-12-23(19(3)4)26(22)28-15-16-29(17-28)27-24(20(5)6)13-10-14-25(27)21(7)8/h9-16,18-21H,1-8H3/i15D,16D. The van der Waals surface area contributed by atoms with E-state index in [1.807, 2.05) is 0 Å². The van der Waals surface area contributed by atoms with Crippen LogP contribution in [0.15, 0.2) is 48.7 Å². The third-order valence-electron chi connectivity index (χ3n) is 5.61. The van der Waals surface area contributed by atoms with Crippen LogP contribution in [0.1, 0.15) is 104 Å². The Bertz CT molecular complexity index is 939. The molecule has 154 valence electrons. The van der Waals surface area contributed by atoms with Crippen molar-refractivity contribution in [3.05, 3.63) is 77.3 Å². The first-order chi connectivity index (χ1) is 14.6. The first kappa shape index (κ1) is 18.7. The molecule has 0 radical (unpaired) electrons. The summed E-state index contributed by atoms with van der Waals surface area (Å²) in [7, 11) is 0. The maximum absolute atomic E-state index is 8.86. The molecule has 2 nitrogen and oxygen atoms in total. The highest BCUT2D eigenvalue weighted by Gasteiger charge is 2.19. The number of rotatable bonds is 6. The van der Waals surface area contributed by atoms with E-state index in [1.54, 1.807) is 9.13 Å². The molecule has 0 saturated heterocycles. The van der Waals surface area contributed by atoms with Crippen LogP contribution >= 0.6 is 0 Å². The van der Waals surface area contributed by atoms with E-state index >= 15 is 0 Å². The molecule has 1 heterocycles. The Kier molecular flexibility index (Phi) is 5.51. The molecule has 1 aromatic heterocycles. The molecule has 0 aliphatic carbocycles. The summed E-state index contributed by atoms with van der Waals surface area (Å²) in [6.07, 6.45) is 3.76. The summed E-state index contributed by atoms with van der Waals surface area (Å²) in [5.41, 5.74) is 6.72. The van der Waals surface area contributed by atoms with Crippen molar-refractivity contribution in [2.75, 3.05) is 0 Å². The number of aromatic nitrogens is 2. The monoisotopic (exact) mass is 390 g/mol. The molecule has 0 N–H and O–H groups in total. The van der Waals surface area contributed by atoms with Crippen LogP contribution in [0, 0.1) is 6.33 Å². The third-order valence-corrected chi connectivity index (χ3v) is 5.61. The zero-order valence-electron chi connectivity index (χ0n) is 21.2. The summed E-state index contributed by atoms with van der Waals surface area (Å²) in [6.45, 7) is 17.4. The minimum atomic E-state index is 0.170. The average Bonchev–Trinajstić information content (AvgIpc) is 3.00. The first-order valence-electron chi connectivity index (χ1n) is 11.9. The van der Waals surface area contributed by atoms with Gasteiger partial charge in [0.25, 0.3) is 6.33 Å². The summed E-state index contributed by atoms with van der Waals surface area (Å²) in [5, 5.41) is 0. The van der Waals surface area contributed by atoms with Gasteiger partial charge in [0.15, 0.2) is 0 Å². The van der Waals surface area contributed by atoms with E-state index < -0.39 is 0 Å². The van der Waals surface area contributed by atoms with Crippen LogP contribution in [0.5, 0.6) is 0 Å². The molecule has 0 unspecified atom stereocenters. The van der Waals surface area contributed by atoms with E-state index in [1.165, 1.54) is 22.3 Å². The van der Waals surface area contributed by atoms with Crippen molar-refractivity contribution in [1.82, 2.24) is 4.57 Å². The van der Waals surface area contributed by atoms with Gasteiger partial charge in [-0.05, 0) is 45.9 Å². The molecule has 0 aliphatic rings. The lowest BCUT2D eigenvalue weighted by molar-refractivity contribution is -0.600. The molecule has 3 aromatic rings. The molecular formula is C27H36N2. The zero-order chi connectivity index (χ0) is 23.0. The van der Waals surface area contributed by atoms with Crippen LogP contribution in [0.2, 0.25) is 0 Å². The van der Waals surface area contributed by atoms with Crippen LogP contribution in [0.25, 0.3) is 11.4 Å². The van der Waals surface area contributed by atoms with Crippen molar-refractivity contribution in [3.8, 4) is 11.4 Å². The number of para-hydroxylation sites is 2. The minimum absolute atomic E-state index is 0.170. The lowest BCUT2D eigenvalue weighted by atomic mass is 9.92. The average molecular weight is 391 g/mol. The number of benzene rings is 2. The summed E-state index contributed by atoms with van der Waals surface area (Å²) < 4.78 is 21.3. The fourth-order valence-electron chi connectivity index (χ4n) is 4.00. The second-order valence-electron chi connectivity index (χ2n) is 9.18. The highest BCUT2D eigenvalue weighted by atomic mass is 15.1. The van der Waals surface area contributed by atoms with E-state index in [2.05, 4.69) is 98.1 Å². The molecule has 0 atom stereocenters. The summed E-state index contributed by atoms with van der Waals surface area (Å²) in [6, 6.07) is 12.7. The topological polar surface area (TPSA) is 8.81 Å². The molecule has 0 bridgehead atoms. The smallest absolute Gasteiger partial charge is 0.268 e. The van der Waals surface area contributed by atoms with Crippen LogP contribution in [-0.2, 0) is 0 Å². The van der Waals surface area contributed by atoms with Gasteiger partial charge in [-0.1, -0.05) is 91.8 Å². The van der Waals surface area contributed by atoms with Crippen LogP contribution in [-0.4, -0.2) is 4.57 Å². The number of nitrogens with zero attached hydrogens (tertiary/aromatic N) is 2. The predicted molar refractivity (Wildman–Crippen MR) is 122 cm³/mol. The van der Waals surface area contributed by atoms with Gasteiger partial charge in [-0.15, -0.1) is 0 Å². The van der Waals surface area contributed by atoms with Crippen molar-refractivity contribution in [3.63, 3.8) is 0 Å². The Labute approximate surface area is 180 Å². The zero-order valence-corrected chi connectivity index (χ0v) is 19.2. The van der Waals surface area contributed by atoms with Gasteiger partial charge in [-0.2, -0.15) is 0 Å². The highest BCUT2D eigenvalue weighted by Crippen LogP contribution is 2.31. The molecule has 0 amide bonds. The number of imidazole rings is 1. The lowest BCUT2D eigenvalue weighted by Crippen LogP contribution is -2.32. The normalized spacial score (nSPS) is 13.0. The number of hydrogen-bond donors (Lipinski definition) is 0. The van der Waals surface area contributed by atoms with Gasteiger partial charge in [-0.25, -0.2) is 0 Å². The Morgan fingerprint density at radius 3 is 1.55 bits per heavy atom. The molecular weight excluding hydrogens is 352 g/mol. The molecule has 0 spiro atoms. The van der Waals surface area contributed by atoms with Crippen molar-refractivity contribution in [1.29, 1.82) is 0 Å². The Morgan fingerprint density at radius 1 is 0.724 bits per heavy atom. The Morgan fingerprint density at radius 2 is 1.14 bits per heavy atom. The molecule has 2 heteroatoms. The van der Waals surface area contributed by atoms with Gasteiger partial charge in [0.05, 0.1) is 14.1 Å². The molecule has 0 fully saturated rings. The molecule has 0 saturated carbocycles. The van der Waals surface area contributed by atoms with Crippen molar-refractivity contribution >= 4 is 0 Å². The highest BCUT2D eigenvalue weighted by molar-refractivity contribution is 5.51. The minimum Gasteiger partial charge on any atom is -0.298 e. The van der Waals surface area contributed by atoms with E-state index in [0.29, 0.717) is 23.7 Å². The van der Waals surface area contributed by atoms with Crippen LogP contribution in [0.4, 0.5) is 0 Å². The summed E-state index contributed by atoms with van der Waals surface area (Å²) in [4.78, 5) is 0. The van der Waals surface area contributed by atoms with Gasteiger partial charge in [0.1, 0.15) is 0 Å². The summed E-state index contributed by atoms with van der Waals surface area (Å²) in [5.74, 6) is 1.22. The molecule has 0 aliphatic heterocycles. The fourth-order valence-corrected chi connectivity index (χ4v) is 4.00. The third kappa shape index (κ3) is 4.17. The second-order valence-corrected chi connectivity index (χ2v) is 9.18. The largest absolute Gasteiger partial charge is 0.298 e. The van der Waals surface area contributed by atoms with Gasteiger partial charge in [-0.3, -0.25) is 9.13 Å².